The standard InChI is InChI=1S/C14H17FNO/c1-2-13(11-5-3-6-12(15)9-11)16-14(10-17)7-4-8-14/h3,5-6,9-10,13,16H,1-2,4,7-8H2. The molecule has 17 heavy (non-hydrogen) atoms. The van der Waals surface area contributed by atoms with Crippen LogP contribution in [-0.2, 0) is 4.79 Å². The fourth-order valence-electron chi connectivity index (χ4n) is 2.25. The van der Waals surface area contributed by atoms with Gasteiger partial charge in [0.2, 0.25) is 0 Å². The minimum absolute atomic E-state index is 0.0591. The number of halogens is 1. The van der Waals surface area contributed by atoms with Gasteiger partial charge in [-0.25, -0.2) is 4.39 Å². The lowest BCUT2D eigenvalue weighted by molar-refractivity contribution is -0.116. The van der Waals surface area contributed by atoms with E-state index < -0.39 is 5.54 Å². The molecule has 1 aromatic carbocycles. The molecule has 1 aliphatic rings. The zero-order valence-electron chi connectivity index (χ0n) is 9.79. The zero-order chi connectivity index (χ0) is 12.3. The Labute approximate surface area is 101 Å². The summed E-state index contributed by atoms with van der Waals surface area (Å²) >= 11 is 0. The van der Waals surface area contributed by atoms with Crippen molar-refractivity contribution in [3.05, 3.63) is 42.6 Å². The average Bonchev–Trinajstić information content (AvgIpc) is 2.29. The molecule has 0 spiro atoms. The topological polar surface area (TPSA) is 29.1 Å². The van der Waals surface area contributed by atoms with Gasteiger partial charge in [-0.15, -0.1) is 0 Å². The third-order valence-corrected chi connectivity index (χ3v) is 3.47. The molecule has 3 heteroatoms. The number of carbonyl (C=O) groups excluding carboxylic acids is 1. The Hall–Kier alpha value is -1.22. The van der Waals surface area contributed by atoms with Crippen molar-refractivity contribution in [2.24, 2.45) is 0 Å². The lowest BCUT2D eigenvalue weighted by Gasteiger charge is -2.40. The third-order valence-electron chi connectivity index (χ3n) is 3.47. The molecule has 1 aliphatic carbocycles. The van der Waals surface area contributed by atoms with E-state index in [9.17, 15) is 9.18 Å². The number of benzene rings is 1. The Morgan fingerprint density at radius 3 is 2.76 bits per heavy atom. The van der Waals surface area contributed by atoms with Gasteiger partial charge in [-0.3, -0.25) is 5.32 Å². The maximum Gasteiger partial charge on any atom is 0.140 e. The first-order valence-electron chi connectivity index (χ1n) is 5.98. The van der Waals surface area contributed by atoms with Gasteiger partial charge in [0.25, 0.3) is 0 Å². The number of aldehydes is 1. The van der Waals surface area contributed by atoms with E-state index in [2.05, 4.69) is 12.2 Å². The van der Waals surface area contributed by atoms with Gasteiger partial charge >= 0.3 is 0 Å². The first-order chi connectivity index (χ1) is 8.19. The molecule has 1 atom stereocenters. The quantitative estimate of drug-likeness (QED) is 0.794. The van der Waals surface area contributed by atoms with E-state index in [0.29, 0.717) is 6.42 Å². The second kappa shape index (κ2) is 4.96. The molecule has 0 heterocycles. The van der Waals surface area contributed by atoms with Gasteiger partial charge in [0.05, 0.1) is 5.54 Å². The minimum Gasteiger partial charge on any atom is -0.301 e. The van der Waals surface area contributed by atoms with Crippen LogP contribution in [0.3, 0.4) is 0 Å². The molecule has 0 aliphatic heterocycles. The fraction of sp³-hybridized carbons (Fsp3) is 0.429. The smallest absolute Gasteiger partial charge is 0.140 e. The van der Waals surface area contributed by atoms with Crippen LogP contribution < -0.4 is 5.32 Å². The van der Waals surface area contributed by atoms with Crippen molar-refractivity contribution in [3.63, 3.8) is 0 Å². The van der Waals surface area contributed by atoms with E-state index in [1.54, 1.807) is 6.07 Å². The van der Waals surface area contributed by atoms with Crippen LogP contribution in [0.4, 0.5) is 4.39 Å². The molecule has 91 valence electrons. The van der Waals surface area contributed by atoms with Crippen LogP contribution >= 0.6 is 0 Å². The largest absolute Gasteiger partial charge is 0.301 e. The Morgan fingerprint density at radius 2 is 2.29 bits per heavy atom. The van der Waals surface area contributed by atoms with Crippen LogP contribution in [0.5, 0.6) is 0 Å². The normalized spacial score (nSPS) is 19.4. The van der Waals surface area contributed by atoms with E-state index in [1.165, 1.54) is 12.1 Å². The summed E-state index contributed by atoms with van der Waals surface area (Å²) in [5.74, 6) is -0.253. The van der Waals surface area contributed by atoms with Crippen molar-refractivity contribution in [1.29, 1.82) is 0 Å². The number of rotatable bonds is 5. The van der Waals surface area contributed by atoms with Crippen LogP contribution in [0, 0.1) is 12.7 Å². The summed E-state index contributed by atoms with van der Waals surface area (Å²) < 4.78 is 13.2. The monoisotopic (exact) mass is 234 g/mol. The Bertz CT molecular complexity index is 401. The summed E-state index contributed by atoms with van der Waals surface area (Å²) in [5, 5.41) is 3.31. The van der Waals surface area contributed by atoms with Gasteiger partial charge in [-0.1, -0.05) is 19.1 Å². The van der Waals surface area contributed by atoms with Crippen molar-refractivity contribution < 1.29 is 9.18 Å². The molecule has 1 saturated carbocycles. The highest BCUT2D eigenvalue weighted by Crippen LogP contribution is 2.33. The molecule has 0 saturated heterocycles. The number of hydrogen-bond donors (Lipinski definition) is 1. The van der Waals surface area contributed by atoms with E-state index in [4.69, 9.17) is 0 Å². The molecule has 2 nitrogen and oxygen atoms in total. The van der Waals surface area contributed by atoms with Gasteiger partial charge in [-0.05, 0) is 43.4 Å². The molecular weight excluding hydrogens is 217 g/mol. The minimum atomic E-state index is -0.408. The van der Waals surface area contributed by atoms with Gasteiger partial charge in [-0.2, -0.15) is 0 Å². The molecule has 1 radical (unpaired) electrons. The number of carbonyl (C=O) groups is 1. The van der Waals surface area contributed by atoms with E-state index >= 15 is 0 Å². The van der Waals surface area contributed by atoms with Gasteiger partial charge in [0, 0.05) is 6.04 Å². The number of nitrogens with one attached hydrogen (secondary N) is 1. The fourth-order valence-corrected chi connectivity index (χ4v) is 2.25. The molecule has 1 unspecified atom stereocenters. The first kappa shape index (κ1) is 12.2. The lowest BCUT2D eigenvalue weighted by atomic mass is 9.77. The molecule has 0 bridgehead atoms. The summed E-state index contributed by atoms with van der Waals surface area (Å²) in [6, 6.07) is 6.41. The molecule has 0 aromatic heterocycles. The van der Waals surface area contributed by atoms with Gasteiger partial charge in [0.15, 0.2) is 0 Å². The van der Waals surface area contributed by atoms with E-state index in [-0.39, 0.29) is 11.9 Å². The molecule has 1 fully saturated rings. The Balaban J connectivity index is 2.13. The summed E-state index contributed by atoms with van der Waals surface area (Å²) in [6.07, 6.45) is 4.38. The van der Waals surface area contributed by atoms with Gasteiger partial charge < -0.3 is 4.79 Å². The molecule has 1 aromatic rings. The second-order valence-electron chi connectivity index (χ2n) is 4.67. The molecule has 1 N–H and O–H groups in total. The third kappa shape index (κ3) is 2.55. The lowest BCUT2D eigenvalue weighted by Crippen LogP contribution is -2.53. The summed E-state index contributed by atoms with van der Waals surface area (Å²) in [6.45, 7) is 3.87. The van der Waals surface area contributed by atoms with Crippen molar-refractivity contribution in [3.8, 4) is 0 Å². The Kier molecular flexibility index (Phi) is 3.57. The summed E-state index contributed by atoms with van der Waals surface area (Å²) in [5.41, 5.74) is 0.447. The Morgan fingerprint density at radius 1 is 1.53 bits per heavy atom. The highest BCUT2D eigenvalue weighted by atomic mass is 19.1. The average molecular weight is 234 g/mol. The van der Waals surface area contributed by atoms with Crippen LogP contribution in [0.1, 0.15) is 37.3 Å². The van der Waals surface area contributed by atoms with E-state index in [1.807, 2.05) is 6.07 Å². The maximum absolute atomic E-state index is 13.2. The van der Waals surface area contributed by atoms with Crippen LogP contribution in [0.25, 0.3) is 0 Å². The molecule has 2 rings (SSSR count). The van der Waals surface area contributed by atoms with Crippen LogP contribution in [-0.4, -0.2) is 11.8 Å². The molecule has 0 amide bonds. The number of hydrogen-bond acceptors (Lipinski definition) is 2. The van der Waals surface area contributed by atoms with Crippen LogP contribution in [0.2, 0.25) is 0 Å². The highest BCUT2D eigenvalue weighted by molar-refractivity contribution is 5.66. The maximum atomic E-state index is 13.2. The predicted molar refractivity (Wildman–Crippen MR) is 64.9 cm³/mol. The second-order valence-corrected chi connectivity index (χ2v) is 4.67. The van der Waals surface area contributed by atoms with Crippen molar-refractivity contribution >= 4 is 6.29 Å². The van der Waals surface area contributed by atoms with Crippen LogP contribution in [0.15, 0.2) is 24.3 Å². The van der Waals surface area contributed by atoms with Crippen molar-refractivity contribution in [2.45, 2.75) is 37.3 Å². The van der Waals surface area contributed by atoms with Crippen molar-refractivity contribution in [2.75, 3.05) is 0 Å². The summed E-state index contributed by atoms with van der Waals surface area (Å²) in [4.78, 5) is 11.1. The zero-order valence-corrected chi connectivity index (χ0v) is 9.79. The van der Waals surface area contributed by atoms with Gasteiger partial charge in [0.1, 0.15) is 12.1 Å². The van der Waals surface area contributed by atoms with Crippen molar-refractivity contribution in [1.82, 2.24) is 5.32 Å². The SMILES string of the molecule is [CH2]CC(NC1(C=O)CCC1)c1cccc(F)c1. The summed E-state index contributed by atoms with van der Waals surface area (Å²) in [7, 11) is 0. The van der Waals surface area contributed by atoms with E-state index in [0.717, 1.165) is 31.1 Å². The predicted octanol–water partition coefficient (Wildman–Crippen LogP) is 2.80. The first-order valence-corrected chi connectivity index (χ1v) is 5.98. The highest BCUT2D eigenvalue weighted by Gasteiger charge is 2.38. The molecular formula is C14H17FNO.